The van der Waals surface area contributed by atoms with E-state index in [0.717, 1.165) is 18.7 Å². The van der Waals surface area contributed by atoms with Gasteiger partial charge in [-0.05, 0) is 32.4 Å². The van der Waals surface area contributed by atoms with Crippen molar-refractivity contribution in [3.63, 3.8) is 0 Å². The van der Waals surface area contributed by atoms with E-state index >= 15 is 0 Å². The van der Waals surface area contributed by atoms with Crippen LogP contribution in [0, 0.1) is 5.92 Å². The van der Waals surface area contributed by atoms with Gasteiger partial charge in [-0.3, -0.25) is 0 Å². The average Bonchev–Trinajstić information content (AvgIpc) is 2.37. The Hall–Kier alpha value is -0.900. The number of nitrogens with zero attached hydrogens (tertiary/aromatic N) is 1. The van der Waals surface area contributed by atoms with Gasteiger partial charge in [0.1, 0.15) is 0 Å². The molecule has 3 heteroatoms. The van der Waals surface area contributed by atoms with Crippen molar-refractivity contribution >= 4 is 0 Å². The lowest BCUT2D eigenvalue weighted by atomic mass is 9.89. The van der Waals surface area contributed by atoms with Gasteiger partial charge >= 0.3 is 0 Å². The summed E-state index contributed by atoms with van der Waals surface area (Å²) < 4.78 is 0. The summed E-state index contributed by atoms with van der Waals surface area (Å²) in [4.78, 5) is 2.29. The third-order valence-corrected chi connectivity index (χ3v) is 3.38. The Morgan fingerprint density at radius 2 is 1.75 bits per heavy atom. The fourth-order valence-corrected chi connectivity index (χ4v) is 2.87. The highest BCUT2D eigenvalue weighted by molar-refractivity contribution is 5.25. The first-order valence-electron chi connectivity index (χ1n) is 7.52. The number of hydrogen-bond acceptors (Lipinski definition) is 3. The lowest BCUT2D eigenvalue weighted by Gasteiger charge is -2.39. The van der Waals surface area contributed by atoms with Crippen molar-refractivity contribution in [3.05, 3.63) is 35.9 Å². The third kappa shape index (κ3) is 4.89. The minimum Gasteiger partial charge on any atom is -0.394 e. The molecule has 3 nitrogen and oxygen atoms in total. The van der Waals surface area contributed by atoms with Gasteiger partial charge in [-0.25, -0.2) is 0 Å². The summed E-state index contributed by atoms with van der Waals surface area (Å²) in [6.07, 6.45) is 0. The largest absolute Gasteiger partial charge is 0.394 e. The second kappa shape index (κ2) is 7.77. The van der Waals surface area contributed by atoms with Crippen LogP contribution in [0.3, 0.4) is 0 Å². The fraction of sp³-hybridized carbons (Fsp3) is 0.647. The summed E-state index contributed by atoms with van der Waals surface area (Å²) in [5.74, 6) is 0.617. The molecule has 1 atom stereocenters. The molecule has 1 unspecified atom stereocenters. The van der Waals surface area contributed by atoms with Gasteiger partial charge in [0.25, 0.3) is 0 Å². The number of aliphatic hydroxyl groups is 1. The van der Waals surface area contributed by atoms with Gasteiger partial charge in [0.15, 0.2) is 0 Å². The highest BCUT2D eigenvalue weighted by Gasteiger charge is 2.33. The van der Waals surface area contributed by atoms with E-state index in [-0.39, 0.29) is 6.61 Å². The van der Waals surface area contributed by atoms with Crippen molar-refractivity contribution in [2.75, 3.05) is 26.7 Å². The molecule has 0 aliphatic carbocycles. The van der Waals surface area contributed by atoms with Crippen LogP contribution in [0.2, 0.25) is 0 Å². The molecule has 114 valence electrons. The predicted octanol–water partition coefficient (Wildman–Crippen LogP) is 2.46. The number of rotatable bonds is 8. The molecule has 1 aromatic carbocycles. The van der Waals surface area contributed by atoms with E-state index in [1.807, 2.05) is 18.2 Å². The molecule has 0 amide bonds. The van der Waals surface area contributed by atoms with Crippen molar-refractivity contribution in [2.24, 2.45) is 5.92 Å². The van der Waals surface area contributed by atoms with Crippen molar-refractivity contribution in [1.82, 2.24) is 10.2 Å². The maximum atomic E-state index is 10.1. The van der Waals surface area contributed by atoms with Gasteiger partial charge in [0.05, 0.1) is 12.1 Å². The maximum absolute atomic E-state index is 10.1. The first-order valence-corrected chi connectivity index (χ1v) is 7.52. The Kier molecular flexibility index (Phi) is 6.66. The Balaban J connectivity index is 3.00. The third-order valence-electron chi connectivity index (χ3n) is 3.38. The highest BCUT2D eigenvalue weighted by atomic mass is 16.3. The van der Waals surface area contributed by atoms with Crippen LogP contribution in [0.5, 0.6) is 0 Å². The monoisotopic (exact) mass is 278 g/mol. The minimum absolute atomic E-state index is 0.0949. The minimum atomic E-state index is -0.404. The van der Waals surface area contributed by atoms with E-state index in [4.69, 9.17) is 0 Å². The van der Waals surface area contributed by atoms with Crippen LogP contribution in [0.15, 0.2) is 30.3 Å². The normalized spacial score (nSPS) is 15.1. The molecule has 0 aromatic heterocycles. The van der Waals surface area contributed by atoms with Crippen molar-refractivity contribution in [3.8, 4) is 0 Å². The van der Waals surface area contributed by atoms with Crippen LogP contribution in [0.4, 0.5) is 0 Å². The van der Waals surface area contributed by atoms with E-state index in [1.54, 1.807) is 0 Å². The summed E-state index contributed by atoms with van der Waals surface area (Å²) in [7, 11) is 2.12. The highest BCUT2D eigenvalue weighted by Crippen LogP contribution is 2.23. The number of benzene rings is 1. The molecule has 0 saturated heterocycles. The molecule has 0 saturated carbocycles. The predicted molar refractivity (Wildman–Crippen MR) is 85.8 cm³/mol. The lowest BCUT2D eigenvalue weighted by molar-refractivity contribution is 0.105. The standard InChI is InChI=1S/C17H30N2O/c1-14(2)11-19(5)12-17(13-20,18-15(3)4)16-9-7-6-8-10-16/h6-10,14-15,18,20H,11-13H2,1-5H3. The van der Waals surface area contributed by atoms with Crippen molar-refractivity contribution < 1.29 is 5.11 Å². The number of likely N-dealkylation sites (N-methyl/N-ethyl adjacent to an activating group) is 1. The van der Waals surface area contributed by atoms with Crippen molar-refractivity contribution in [2.45, 2.75) is 39.3 Å². The maximum Gasteiger partial charge on any atom is 0.0799 e. The van der Waals surface area contributed by atoms with Gasteiger partial charge < -0.3 is 15.3 Å². The number of aliphatic hydroxyl groups excluding tert-OH is 1. The summed E-state index contributed by atoms with van der Waals surface area (Å²) in [6.45, 7) is 10.6. The Labute approximate surface area is 124 Å². The Morgan fingerprint density at radius 3 is 2.20 bits per heavy atom. The summed E-state index contributed by atoms with van der Waals surface area (Å²) in [5.41, 5.74) is 0.741. The molecule has 0 radical (unpaired) electrons. The first-order chi connectivity index (χ1) is 9.39. The van der Waals surface area contributed by atoms with E-state index < -0.39 is 5.54 Å². The van der Waals surface area contributed by atoms with Crippen LogP contribution < -0.4 is 5.32 Å². The summed E-state index contributed by atoms with van der Waals surface area (Å²) in [5, 5.41) is 13.6. The molecule has 0 aliphatic heterocycles. The molecule has 2 N–H and O–H groups in total. The van der Waals surface area contributed by atoms with Gasteiger partial charge in [0, 0.05) is 19.1 Å². The SMILES string of the molecule is CC(C)CN(C)CC(CO)(NC(C)C)c1ccccc1. The zero-order chi connectivity index (χ0) is 15.2. The molecule has 20 heavy (non-hydrogen) atoms. The van der Waals surface area contributed by atoms with Crippen LogP contribution in [0.25, 0.3) is 0 Å². The molecule has 0 spiro atoms. The number of nitrogens with one attached hydrogen (secondary N) is 1. The molecular weight excluding hydrogens is 248 g/mol. The molecule has 0 bridgehead atoms. The van der Waals surface area contributed by atoms with E-state index in [2.05, 4.69) is 57.1 Å². The van der Waals surface area contributed by atoms with E-state index in [9.17, 15) is 5.11 Å². The average molecular weight is 278 g/mol. The van der Waals surface area contributed by atoms with Crippen LogP contribution >= 0.6 is 0 Å². The number of hydrogen-bond donors (Lipinski definition) is 2. The summed E-state index contributed by atoms with van der Waals surface area (Å²) in [6, 6.07) is 10.6. The fourth-order valence-electron chi connectivity index (χ4n) is 2.87. The van der Waals surface area contributed by atoms with Crippen LogP contribution in [-0.4, -0.2) is 42.8 Å². The van der Waals surface area contributed by atoms with Gasteiger partial charge in [-0.15, -0.1) is 0 Å². The van der Waals surface area contributed by atoms with E-state index in [1.165, 1.54) is 0 Å². The second-order valence-corrected chi connectivity index (χ2v) is 6.50. The molecule has 0 fully saturated rings. The zero-order valence-electron chi connectivity index (χ0n) is 13.6. The molecular formula is C17H30N2O. The van der Waals surface area contributed by atoms with Gasteiger partial charge in [-0.1, -0.05) is 44.2 Å². The Morgan fingerprint density at radius 1 is 1.15 bits per heavy atom. The Bertz CT molecular complexity index is 378. The van der Waals surface area contributed by atoms with Gasteiger partial charge in [-0.2, -0.15) is 0 Å². The molecule has 1 rings (SSSR count). The zero-order valence-corrected chi connectivity index (χ0v) is 13.6. The molecule has 0 heterocycles. The topological polar surface area (TPSA) is 35.5 Å². The van der Waals surface area contributed by atoms with Crippen LogP contribution in [-0.2, 0) is 5.54 Å². The first kappa shape index (κ1) is 17.2. The second-order valence-electron chi connectivity index (χ2n) is 6.50. The van der Waals surface area contributed by atoms with Gasteiger partial charge in [0.2, 0.25) is 0 Å². The summed E-state index contributed by atoms with van der Waals surface area (Å²) >= 11 is 0. The molecule has 0 aliphatic rings. The van der Waals surface area contributed by atoms with E-state index in [0.29, 0.717) is 12.0 Å². The molecule has 1 aromatic rings. The van der Waals surface area contributed by atoms with Crippen LogP contribution in [0.1, 0.15) is 33.3 Å². The smallest absolute Gasteiger partial charge is 0.0799 e. The quantitative estimate of drug-likeness (QED) is 0.767. The van der Waals surface area contributed by atoms with Crippen molar-refractivity contribution in [1.29, 1.82) is 0 Å². The lowest BCUT2D eigenvalue weighted by Crippen LogP contribution is -2.55.